The van der Waals surface area contributed by atoms with Gasteiger partial charge in [-0.2, -0.15) is 0 Å². The van der Waals surface area contributed by atoms with Gasteiger partial charge in [0, 0.05) is 18.0 Å². The summed E-state index contributed by atoms with van der Waals surface area (Å²) >= 11 is 0. The minimum absolute atomic E-state index is 0.0917. The summed E-state index contributed by atoms with van der Waals surface area (Å²) in [7, 11) is 0. The Bertz CT molecular complexity index is 737. The average Bonchev–Trinajstić information content (AvgIpc) is 2.66. The van der Waals surface area contributed by atoms with Gasteiger partial charge in [0.15, 0.2) is 5.82 Å². The molecule has 1 aromatic heterocycles. The molecule has 28 heavy (non-hydrogen) atoms. The molecular weight excluding hydrogens is 340 g/mol. The van der Waals surface area contributed by atoms with E-state index in [2.05, 4.69) is 75.8 Å². The van der Waals surface area contributed by atoms with E-state index in [1.807, 2.05) is 12.4 Å². The van der Waals surface area contributed by atoms with E-state index in [1.54, 1.807) is 0 Å². The lowest BCUT2D eigenvalue weighted by Gasteiger charge is -2.37. The Kier molecular flexibility index (Phi) is 6.27. The van der Waals surface area contributed by atoms with Gasteiger partial charge < -0.3 is 0 Å². The summed E-state index contributed by atoms with van der Waals surface area (Å²) in [6.45, 7) is 13.8. The topological polar surface area (TPSA) is 25.8 Å². The Hall–Kier alpha value is -1.70. The SMILES string of the molecule is CC(C)(C)c1cnc(-c2ccc(CCC3CCC(C(C)(C)C)CC3)cc2)nc1. The molecule has 0 amide bonds. The third kappa shape index (κ3) is 5.43. The van der Waals surface area contributed by atoms with Crippen molar-refractivity contribution in [2.75, 3.05) is 0 Å². The summed E-state index contributed by atoms with van der Waals surface area (Å²) in [4.78, 5) is 9.16. The van der Waals surface area contributed by atoms with Crippen LogP contribution in [0.5, 0.6) is 0 Å². The lowest BCUT2D eigenvalue weighted by Crippen LogP contribution is -2.26. The van der Waals surface area contributed by atoms with Crippen LogP contribution in [0.4, 0.5) is 0 Å². The van der Waals surface area contributed by atoms with Crippen LogP contribution in [0.15, 0.2) is 36.7 Å². The summed E-state index contributed by atoms with van der Waals surface area (Å²) in [5.74, 6) is 2.64. The number of nitrogens with zero attached hydrogens (tertiary/aromatic N) is 2. The average molecular weight is 379 g/mol. The van der Waals surface area contributed by atoms with E-state index in [0.29, 0.717) is 5.41 Å². The molecule has 1 heterocycles. The molecule has 1 aliphatic carbocycles. The van der Waals surface area contributed by atoms with Crippen LogP contribution < -0.4 is 0 Å². The highest BCUT2D eigenvalue weighted by Crippen LogP contribution is 2.40. The fraction of sp³-hybridized carbons (Fsp3) is 0.615. The Morgan fingerprint density at radius 1 is 0.821 bits per heavy atom. The molecule has 1 aromatic carbocycles. The van der Waals surface area contributed by atoms with Gasteiger partial charge in [0.2, 0.25) is 0 Å². The number of rotatable bonds is 4. The van der Waals surface area contributed by atoms with E-state index in [1.165, 1.54) is 49.7 Å². The molecule has 1 fully saturated rings. The normalized spacial score (nSPS) is 20.9. The largest absolute Gasteiger partial charge is 0.236 e. The molecule has 0 spiro atoms. The van der Waals surface area contributed by atoms with Gasteiger partial charge in [-0.3, -0.25) is 0 Å². The molecule has 3 rings (SSSR count). The second-order valence-corrected chi connectivity index (χ2v) is 10.9. The maximum Gasteiger partial charge on any atom is 0.159 e. The predicted octanol–water partition coefficient (Wildman–Crippen LogP) is 7.23. The molecule has 152 valence electrons. The molecule has 0 radical (unpaired) electrons. The number of aryl methyl sites for hydroxylation is 1. The second kappa shape index (κ2) is 8.35. The Labute approximate surface area is 172 Å². The fourth-order valence-electron chi connectivity index (χ4n) is 4.37. The third-order valence-electron chi connectivity index (χ3n) is 6.64. The van der Waals surface area contributed by atoms with Crippen molar-refractivity contribution in [1.29, 1.82) is 0 Å². The van der Waals surface area contributed by atoms with E-state index in [4.69, 9.17) is 0 Å². The minimum Gasteiger partial charge on any atom is -0.236 e. The van der Waals surface area contributed by atoms with Crippen molar-refractivity contribution < 1.29 is 0 Å². The van der Waals surface area contributed by atoms with Crippen molar-refractivity contribution in [2.45, 2.75) is 85.5 Å². The van der Waals surface area contributed by atoms with Crippen molar-refractivity contribution in [1.82, 2.24) is 9.97 Å². The van der Waals surface area contributed by atoms with Crippen LogP contribution in [0.3, 0.4) is 0 Å². The molecule has 2 aromatic rings. The molecule has 0 N–H and O–H groups in total. The number of benzene rings is 1. The standard InChI is InChI=1S/C26H38N2/c1-25(2,3)22-15-11-20(12-16-22)8-7-19-9-13-21(14-10-19)24-27-17-23(18-28-24)26(4,5)6/h9-10,13-14,17-18,20,22H,7-8,11-12,15-16H2,1-6H3. The smallest absolute Gasteiger partial charge is 0.159 e. The Morgan fingerprint density at radius 2 is 1.39 bits per heavy atom. The van der Waals surface area contributed by atoms with E-state index < -0.39 is 0 Å². The maximum atomic E-state index is 4.58. The zero-order valence-corrected chi connectivity index (χ0v) is 18.8. The van der Waals surface area contributed by atoms with E-state index in [9.17, 15) is 0 Å². The monoisotopic (exact) mass is 378 g/mol. The number of aromatic nitrogens is 2. The summed E-state index contributed by atoms with van der Waals surface area (Å²) in [6, 6.07) is 8.88. The van der Waals surface area contributed by atoms with E-state index in [0.717, 1.165) is 23.2 Å². The van der Waals surface area contributed by atoms with E-state index >= 15 is 0 Å². The van der Waals surface area contributed by atoms with Crippen LogP contribution in [0.25, 0.3) is 11.4 Å². The predicted molar refractivity (Wildman–Crippen MR) is 119 cm³/mol. The number of hydrogen-bond acceptors (Lipinski definition) is 2. The summed E-state index contributed by atoms with van der Waals surface area (Å²) in [6.07, 6.45) is 12.1. The highest BCUT2D eigenvalue weighted by Gasteiger charge is 2.29. The first-order chi connectivity index (χ1) is 13.1. The highest BCUT2D eigenvalue weighted by molar-refractivity contribution is 5.55. The first kappa shape index (κ1) is 21.0. The first-order valence-corrected chi connectivity index (χ1v) is 11.0. The van der Waals surface area contributed by atoms with Crippen molar-refractivity contribution >= 4 is 0 Å². The summed E-state index contributed by atoms with van der Waals surface area (Å²) < 4.78 is 0. The Balaban J connectivity index is 1.53. The fourth-order valence-corrected chi connectivity index (χ4v) is 4.37. The van der Waals surface area contributed by atoms with Gasteiger partial charge >= 0.3 is 0 Å². The van der Waals surface area contributed by atoms with Crippen LogP contribution >= 0.6 is 0 Å². The van der Waals surface area contributed by atoms with Crippen LogP contribution in [0.1, 0.15) is 84.8 Å². The van der Waals surface area contributed by atoms with Crippen LogP contribution in [-0.2, 0) is 11.8 Å². The van der Waals surface area contributed by atoms with Crippen molar-refractivity contribution in [2.24, 2.45) is 17.3 Å². The Morgan fingerprint density at radius 3 is 1.89 bits per heavy atom. The third-order valence-corrected chi connectivity index (χ3v) is 6.64. The van der Waals surface area contributed by atoms with Gasteiger partial charge in [-0.1, -0.05) is 78.6 Å². The minimum atomic E-state index is 0.0917. The van der Waals surface area contributed by atoms with Crippen LogP contribution in [-0.4, -0.2) is 9.97 Å². The molecule has 1 aliphatic rings. The van der Waals surface area contributed by atoms with Crippen molar-refractivity contribution in [3.63, 3.8) is 0 Å². The lowest BCUT2D eigenvalue weighted by atomic mass is 9.69. The maximum absolute atomic E-state index is 4.58. The zero-order valence-electron chi connectivity index (χ0n) is 18.8. The van der Waals surface area contributed by atoms with Gasteiger partial charge in [-0.25, -0.2) is 9.97 Å². The first-order valence-electron chi connectivity index (χ1n) is 11.0. The van der Waals surface area contributed by atoms with Gasteiger partial charge in [0.1, 0.15) is 0 Å². The number of hydrogen-bond donors (Lipinski definition) is 0. The molecule has 0 aliphatic heterocycles. The second-order valence-electron chi connectivity index (χ2n) is 10.9. The molecule has 0 bridgehead atoms. The molecule has 0 atom stereocenters. The summed E-state index contributed by atoms with van der Waals surface area (Å²) in [5, 5.41) is 0. The molecule has 0 saturated heterocycles. The highest BCUT2D eigenvalue weighted by atomic mass is 14.9. The summed E-state index contributed by atoms with van der Waals surface area (Å²) in [5.41, 5.74) is 4.29. The van der Waals surface area contributed by atoms with Crippen LogP contribution in [0.2, 0.25) is 0 Å². The van der Waals surface area contributed by atoms with Gasteiger partial charge in [-0.15, -0.1) is 0 Å². The van der Waals surface area contributed by atoms with Gasteiger partial charge in [-0.05, 0) is 59.5 Å². The zero-order chi connectivity index (χ0) is 20.4. The van der Waals surface area contributed by atoms with Gasteiger partial charge in [0.25, 0.3) is 0 Å². The molecular formula is C26H38N2. The van der Waals surface area contributed by atoms with E-state index in [-0.39, 0.29) is 5.41 Å². The van der Waals surface area contributed by atoms with Crippen molar-refractivity contribution in [3.05, 3.63) is 47.8 Å². The lowest BCUT2D eigenvalue weighted by molar-refractivity contribution is 0.147. The quantitative estimate of drug-likeness (QED) is 0.561. The molecule has 2 heteroatoms. The molecule has 0 unspecified atom stereocenters. The molecule has 2 nitrogen and oxygen atoms in total. The van der Waals surface area contributed by atoms with Crippen molar-refractivity contribution in [3.8, 4) is 11.4 Å². The molecule has 1 saturated carbocycles. The van der Waals surface area contributed by atoms with Crippen LogP contribution in [0, 0.1) is 17.3 Å². The van der Waals surface area contributed by atoms with Gasteiger partial charge in [0.05, 0.1) is 0 Å².